The monoisotopic (exact) mass is 469 g/mol. The smallest absolute Gasteiger partial charge is 0.359 e. The maximum absolute atomic E-state index is 13.7. The molecule has 0 N–H and O–H groups in total. The number of nitrogens with zero attached hydrogens (tertiary/aromatic N) is 1. The summed E-state index contributed by atoms with van der Waals surface area (Å²) in [5, 5.41) is 0. The fourth-order valence-corrected chi connectivity index (χ4v) is 3.98. The Morgan fingerprint density at radius 3 is 2.11 bits per heavy atom. The molecule has 2 unspecified atom stereocenters. The minimum absolute atomic E-state index is 0.0210. The van der Waals surface area contributed by atoms with Crippen LogP contribution in [-0.2, 0) is 9.53 Å². The molecule has 2 atom stereocenters. The van der Waals surface area contributed by atoms with E-state index in [-0.39, 0.29) is 30.1 Å². The number of esters is 1. The van der Waals surface area contributed by atoms with E-state index in [9.17, 15) is 19.2 Å². The summed E-state index contributed by atoms with van der Waals surface area (Å²) in [5.41, 5.74) is 0.154. The van der Waals surface area contributed by atoms with Crippen LogP contribution in [-0.4, -0.2) is 29.1 Å². The van der Waals surface area contributed by atoms with Crippen molar-refractivity contribution in [2.24, 2.45) is 5.92 Å². The van der Waals surface area contributed by atoms with E-state index in [1.54, 1.807) is 91.9 Å². The molecule has 7 nitrogen and oxygen atoms in total. The lowest BCUT2D eigenvalue weighted by molar-refractivity contribution is -0.146. The Labute approximate surface area is 201 Å². The van der Waals surface area contributed by atoms with Crippen LogP contribution in [0.1, 0.15) is 45.7 Å². The number of para-hydroxylation sites is 2. The summed E-state index contributed by atoms with van der Waals surface area (Å²) < 4.78 is 10.7. The van der Waals surface area contributed by atoms with E-state index in [0.717, 1.165) is 0 Å². The average Bonchev–Trinajstić information content (AvgIpc) is 2.89. The van der Waals surface area contributed by atoms with Gasteiger partial charge in [0, 0.05) is 23.5 Å². The van der Waals surface area contributed by atoms with E-state index < -0.39 is 29.2 Å². The predicted molar refractivity (Wildman–Crippen MR) is 129 cm³/mol. The number of Topliss-reactive ketones (excluding diaryl/α,β-unsaturated/α-hetero) is 2. The molecule has 7 heteroatoms. The molecule has 0 spiro atoms. The number of benzene rings is 3. The fourth-order valence-electron chi connectivity index (χ4n) is 3.98. The molecule has 0 saturated carbocycles. The van der Waals surface area contributed by atoms with Crippen LogP contribution in [0.25, 0.3) is 11.1 Å². The van der Waals surface area contributed by atoms with Crippen molar-refractivity contribution in [3.63, 3.8) is 0 Å². The lowest BCUT2D eigenvalue weighted by Gasteiger charge is -2.23. The van der Waals surface area contributed by atoms with Crippen LogP contribution in [0.5, 0.6) is 0 Å². The van der Waals surface area contributed by atoms with E-state index in [0.29, 0.717) is 16.6 Å². The van der Waals surface area contributed by atoms with Crippen LogP contribution in [0, 0.1) is 5.92 Å². The third kappa shape index (κ3) is 5.24. The first-order chi connectivity index (χ1) is 17.0. The predicted octanol–water partition coefficient (Wildman–Crippen LogP) is 4.61. The summed E-state index contributed by atoms with van der Waals surface area (Å²) in [6.07, 6.45) is -0.324. The van der Waals surface area contributed by atoms with E-state index in [2.05, 4.69) is 4.98 Å². The Kier molecular flexibility index (Phi) is 7.26. The highest BCUT2D eigenvalue weighted by atomic mass is 16.5. The zero-order valence-corrected chi connectivity index (χ0v) is 19.0. The second kappa shape index (κ2) is 10.7. The van der Waals surface area contributed by atoms with Gasteiger partial charge in [0.25, 0.3) is 0 Å². The molecule has 1 heterocycles. The van der Waals surface area contributed by atoms with E-state index in [1.165, 1.54) is 0 Å². The highest BCUT2D eigenvalue weighted by Crippen LogP contribution is 2.31. The summed E-state index contributed by atoms with van der Waals surface area (Å²) >= 11 is 0. The number of rotatable bonds is 9. The fraction of sp³-hybridized carbons (Fsp3) is 0.179. The van der Waals surface area contributed by atoms with Gasteiger partial charge in [-0.15, -0.1) is 0 Å². The number of hydrogen-bond acceptors (Lipinski definition) is 7. The molecule has 0 aliphatic carbocycles. The van der Waals surface area contributed by atoms with Crippen molar-refractivity contribution in [3.05, 3.63) is 112 Å². The second-order valence-electron chi connectivity index (χ2n) is 7.91. The Bertz CT molecular complexity index is 1410. The third-order valence-corrected chi connectivity index (χ3v) is 5.65. The van der Waals surface area contributed by atoms with Crippen molar-refractivity contribution in [3.8, 4) is 0 Å². The van der Waals surface area contributed by atoms with Gasteiger partial charge in [0.1, 0.15) is 17.1 Å². The highest BCUT2D eigenvalue weighted by molar-refractivity contribution is 6.06. The van der Waals surface area contributed by atoms with Gasteiger partial charge >= 0.3 is 11.6 Å². The van der Waals surface area contributed by atoms with E-state index >= 15 is 0 Å². The number of ketones is 2. The number of carbonyl (C=O) groups excluding carboxylic acids is 3. The third-order valence-electron chi connectivity index (χ3n) is 5.65. The summed E-state index contributed by atoms with van der Waals surface area (Å²) in [4.78, 5) is 57.4. The molecule has 0 radical (unpaired) electrons. The van der Waals surface area contributed by atoms with Gasteiger partial charge in [-0.2, -0.15) is 0 Å². The molecular weight excluding hydrogens is 446 g/mol. The standard InChI is InChI=1S/C28H23NO6/c1-2-34-27(32)24(25-28(33)35-23-16-10-9-15-21(23)29-25)20(26(31)19-13-7-4-8-14-19)17-22(30)18-11-5-3-6-12-18/h3-16,20,24H,2,17H2,1H3. The average molecular weight is 469 g/mol. The minimum Gasteiger partial charge on any atom is -0.465 e. The Morgan fingerprint density at radius 2 is 1.46 bits per heavy atom. The number of hydrogen-bond donors (Lipinski definition) is 0. The van der Waals surface area contributed by atoms with Gasteiger partial charge in [0.05, 0.1) is 6.61 Å². The van der Waals surface area contributed by atoms with E-state index in [1.807, 2.05) is 0 Å². The quantitative estimate of drug-likeness (QED) is 0.260. The maximum Gasteiger partial charge on any atom is 0.359 e. The zero-order valence-electron chi connectivity index (χ0n) is 19.0. The topological polar surface area (TPSA) is 104 Å². The van der Waals surface area contributed by atoms with Crippen LogP contribution in [0.3, 0.4) is 0 Å². The van der Waals surface area contributed by atoms with Gasteiger partial charge in [-0.1, -0.05) is 72.8 Å². The SMILES string of the molecule is CCOC(=O)C(c1nc2ccccc2oc1=O)C(CC(=O)c1ccccc1)C(=O)c1ccccc1. The van der Waals surface area contributed by atoms with Gasteiger partial charge in [-0.3, -0.25) is 14.4 Å². The van der Waals surface area contributed by atoms with Gasteiger partial charge < -0.3 is 9.15 Å². The summed E-state index contributed by atoms with van der Waals surface area (Å²) in [6.45, 7) is 1.64. The molecule has 0 bridgehead atoms. The zero-order chi connectivity index (χ0) is 24.8. The van der Waals surface area contributed by atoms with Crippen LogP contribution < -0.4 is 5.63 Å². The molecule has 1 aromatic heterocycles. The van der Waals surface area contributed by atoms with Crippen molar-refractivity contribution in [1.29, 1.82) is 0 Å². The van der Waals surface area contributed by atoms with Crippen LogP contribution in [0.2, 0.25) is 0 Å². The van der Waals surface area contributed by atoms with Gasteiger partial charge in [-0.25, -0.2) is 9.78 Å². The van der Waals surface area contributed by atoms with Crippen LogP contribution in [0.15, 0.2) is 94.1 Å². The minimum atomic E-state index is -1.43. The van der Waals surface area contributed by atoms with Crippen molar-refractivity contribution < 1.29 is 23.5 Å². The second-order valence-corrected chi connectivity index (χ2v) is 7.91. The number of aromatic nitrogens is 1. The Morgan fingerprint density at radius 1 is 0.857 bits per heavy atom. The first-order valence-electron chi connectivity index (χ1n) is 11.2. The largest absolute Gasteiger partial charge is 0.465 e. The molecule has 3 aromatic carbocycles. The van der Waals surface area contributed by atoms with Crippen molar-refractivity contribution in [2.75, 3.05) is 6.61 Å². The van der Waals surface area contributed by atoms with Crippen LogP contribution >= 0.6 is 0 Å². The summed E-state index contributed by atoms with van der Waals surface area (Å²) in [5.74, 6) is -4.31. The summed E-state index contributed by atoms with van der Waals surface area (Å²) in [7, 11) is 0. The van der Waals surface area contributed by atoms with Gasteiger partial charge in [0.15, 0.2) is 17.1 Å². The number of fused-ring (bicyclic) bond motifs is 1. The molecule has 35 heavy (non-hydrogen) atoms. The van der Waals surface area contributed by atoms with Crippen molar-refractivity contribution in [2.45, 2.75) is 19.3 Å². The van der Waals surface area contributed by atoms with Gasteiger partial charge in [0.2, 0.25) is 0 Å². The number of carbonyl (C=O) groups is 3. The molecule has 4 rings (SSSR count). The first kappa shape index (κ1) is 23.8. The molecule has 0 amide bonds. The first-order valence-corrected chi connectivity index (χ1v) is 11.2. The van der Waals surface area contributed by atoms with Crippen LogP contribution in [0.4, 0.5) is 0 Å². The molecule has 0 saturated heterocycles. The number of ether oxygens (including phenoxy) is 1. The lowest BCUT2D eigenvalue weighted by Crippen LogP contribution is -2.35. The lowest BCUT2D eigenvalue weighted by atomic mass is 9.79. The molecule has 0 aliphatic heterocycles. The molecule has 0 fully saturated rings. The van der Waals surface area contributed by atoms with Gasteiger partial charge in [-0.05, 0) is 19.1 Å². The maximum atomic E-state index is 13.7. The van der Waals surface area contributed by atoms with Crippen molar-refractivity contribution in [1.82, 2.24) is 4.98 Å². The Balaban J connectivity index is 1.86. The molecule has 0 aliphatic rings. The molecular formula is C28H23NO6. The highest BCUT2D eigenvalue weighted by Gasteiger charge is 2.41. The van der Waals surface area contributed by atoms with E-state index in [4.69, 9.17) is 9.15 Å². The molecule has 176 valence electrons. The normalized spacial score (nSPS) is 12.6. The van der Waals surface area contributed by atoms with Crippen molar-refractivity contribution >= 4 is 28.6 Å². The Hall–Kier alpha value is -4.39. The molecule has 4 aromatic rings. The summed E-state index contributed by atoms with van der Waals surface area (Å²) in [6, 6.07) is 23.4.